The molecule has 0 fully saturated rings. The van der Waals surface area contributed by atoms with Crippen molar-refractivity contribution < 1.29 is 4.42 Å². The molecule has 0 aliphatic rings. The van der Waals surface area contributed by atoms with Crippen molar-refractivity contribution in [1.29, 1.82) is 0 Å². The van der Waals surface area contributed by atoms with Crippen molar-refractivity contribution in [3.05, 3.63) is 182 Å². The molecule has 0 N–H and O–H groups in total. The van der Waals surface area contributed by atoms with Crippen molar-refractivity contribution >= 4 is 65.6 Å². The number of hydrogen-bond donors (Lipinski definition) is 0. The molecule has 0 radical (unpaired) electrons. The van der Waals surface area contributed by atoms with E-state index in [-0.39, 0.29) is 0 Å². The third-order valence-corrected chi connectivity index (χ3v) is 10.5. The highest BCUT2D eigenvalue weighted by atomic mass is 16.3. The average Bonchev–Trinajstić information content (AvgIpc) is 3.86. The van der Waals surface area contributed by atoms with E-state index in [1.807, 2.05) is 6.07 Å². The average molecular weight is 651 g/mol. The van der Waals surface area contributed by atoms with Gasteiger partial charge in [0.25, 0.3) is 0 Å². The Kier molecular flexibility index (Phi) is 5.96. The summed E-state index contributed by atoms with van der Waals surface area (Å²) in [6.07, 6.45) is 0. The molecule has 3 nitrogen and oxygen atoms in total. The van der Waals surface area contributed by atoms with Crippen molar-refractivity contribution in [3.63, 3.8) is 0 Å². The second-order valence-electron chi connectivity index (χ2n) is 13.3. The molecule has 51 heavy (non-hydrogen) atoms. The molecule has 0 aliphatic heterocycles. The van der Waals surface area contributed by atoms with Crippen LogP contribution in [0.4, 0.5) is 0 Å². The first-order chi connectivity index (χ1) is 25.3. The molecule has 0 saturated heterocycles. The number of furan rings is 1. The summed E-state index contributed by atoms with van der Waals surface area (Å²) in [6, 6.07) is 65.4. The molecule has 0 bridgehead atoms. The Bertz CT molecular complexity index is 3050. The van der Waals surface area contributed by atoms with Crippen LogP contribution in [0.25, 0.3) is 99.2 Å². The number of fused-ring (bicyclic) bond motifs is 10. The largest absolute Gasteiger partial charge is 0.455 e. The molecule has 0 amide bonds. The quantitative estimate of drug-likeness (QED) is 0.186. The number of aromatic nitrogens is 2. The third kappa shape index (κ3) is 4.19. The van der Waals surface area contributed by atoms with Crippen molar-refractivity contribution in [2.45, 2.75) is 0 Å². The number of hydrogen-bond acceptors (Lipinski definition) is 1. The molecule has 0 saturated carbocycles. The van der Waals surface area contributed by atoms with Crippen LogP contribution in [-0.2, 0) is 0 Å². The van der Waals surface area contributed by atoms with Crippen molar-refractivity contribution in [2.75, 3.05) is 0 Å². The summed E-state index contributed by atoms with van der Waals surface area (Å²) >= 11 is 0. The van der Waals surface area contributed by atoms with Gasteiger partial charge >= 0.3 is 0 Å². The maximum absolute atomic E-state index is 6.58. The highest BCUT2D eigenvalue weighted by Gasteiger charge is 2.19. The van der Waals surface area contributed by atoms with Gasteiger partial charge < -0.3 is 13.6 Å². The second kappa shape index (κ2) is 10.8. The molecule has 3 heterocycles. The molecule has 3 aromatic heterocycles. The first kappa shape index (κ1) is 28.0. The van der Waals surface area contributed by atoms with E-state index in [4.69, 9.17) is 4.42 Å². The third-order valence-electron chi connectivity index (χ3n) is 10.5. The summed E-state index contributed by atoms with van der Waals surface area (Å²) in [6.45, 7) is 0. The first-order valence-corrected chi connectivity index (χ1v) is 17.4. The van der Waals surface area contributed by atoms with E-state index in [0.717, 1.165) is 49.7 Å². The molecule has 11 aromatic rings. The van der Waals surface area contributed by atoms with Gasteiger partial charge in [0.1, 0.15) is 11.2 Å². The minimum atomic E-state index is 0.912. The Morgan fingerprint density at radius 3 is 1.49 bits per heavy atom. The smallest absolute Gasteiger partial charge is 0.145 e. The lowest BCUT2D eigenvalue weighted by Crippen LogP contribution is -1.95. The Morgan fingerprint density at radius 1 is 0.314 bits per heavy atom. The van der Waals surface area contributed by atoms with Crippen LogP contribution in [0.3, 0.4) is 0 Å². The maximum Gasteiger partial charge on any atom is 0.145 e. The van der Waals surface area contributed by atoms with Crippen molar-refractivity contribution in [2.24, 2.45) is 0 Å². The fourth-order valence-electron chi connectivity index (χ4n) is 8.18. The summed E-state index contributed by atoms with van der Waals surface area (Å²) in [5, 5.41) is 7.15. The molecule has 0 aliphatic carbocycles. The standard InChI is InChI=1S/C48H30N2O/c1-2-10-31(11-3-1)34-22-27-41-45(30-34)50(44-29-28-40-39-14-6-9-17-46(39)51-48(40)47(41)44)36-25-20-33(21-26-36)32-18-23-35(24-19-32)49-42-15-7-4-12-37(42)38-13-5-8-16-43(38)49/h1-30H. The molecule has 0 spiro atoms. The molecule has 0 unspecified atom stereocenters. The van der Waals surface area contributed by atoms with Gasteiger partial charge in [0.05, 0.1) is 27.5 Å². The van der Waals surface area contributed by atoms with Crippen LogP contribution in [0, 0.1) is 0 Å². The van der Waals surface area contributed by atoms with Gasteiger partial charge in [0.15, 0.2) is 0 Å². The SMILES string of the molecule is c1ccc(-c2ccc3c4c5oc6ccccc6c5ccc4n(-c4ccc(-c5ccc(-n6c7ccccc7c7ccccc76)cc5)cc4)c3c2)cc1. The van der Waals surface area contributed by atoms with Gasteiger partial charge in [-0.15, -0.1) is 0 Å². The summed E-state index contributed by atoms with van der Waals surface area (Å²) in [7, 11) is 0. The normalized spacial score (nSPS) is 11.9. The van der Waals surface area contributed by atoms with Gasteiger partial charge in [-0.1, -0.05) is 121 Å². The summed E-state index contributed by atoms with van der Waals surface area (Å²) in [5.74, 6) is 0. The van der Waals surface area contributed by atoms with Crippen molar-refractivity contribution in [1.82, 2.24) is 9.13 Å². The fourth-order valence-corrected chi connectivity index (χ4v) is 8.18. The summed E-state index contributed by atoms with van der Waals surface area (Å²) in [4.78, 5) is 0. The number of nitrogens with zero attached hydrogens (tertiary/aromatic N) is 2. The topological polar surface area (TPSA) is 23.0 Å². The van der Waals surface area contributed by atoms with E-state index in [0.29, 0.717) is 0 Å². The summed E-state index contributed by atoms with van der Waals surface area (Å²) in [5.41, 5.74) is 13.6. The number of para-hydroxylation sites is 3. The van der Waals surface area contributed by atoms with Crippen molar-refractivity contribution in [3.8, 4) is 33.6 Å². The zero-order valence-corrected chi connectivity index (χ0v) is 27.6. The van der Waals surface area contributed by atoms with Crippen LogP contribution >= 0.6 is 0 Å². The molecular weight excluding hydrogens is 621 g/mol. The van der Waals surface area contributed by atoms with Crippen LogP contribution in [0.1, 0.15) is 0 Å². The fraction of sp³-hybridized carbons (Fsp3) is 0. The van der Waals surface area contributed by atoms with Gasteiger partial charge in [-0.3, -0.25) is 0 Å². The van der Waals surface area contributed by atoms with Gasteiger partial charge in [-0.05, 0) is 82.9 Å². The Balaban J connectivity index is 1.05. The molecular formula is C48H30N2O. The van der Waals surface area contributed by atoms with Gasteiger partial charge in [-0.25, -0.2) is 0 Å². The first-order valence-electron chi connectivity index (χ1n) is 17.4. The highest BCUT2D eigenvalue weighted by Crippen LogP contribution is 2.42. The zero-order valence-electron chi connectivity index (χ0n) is 27.6. The Morgan fingerprint density at radius 2 is 0.824 bits per heavy atom. The van der Waals surface area contributed by atoms with E-state index < -0.39 is 0 Å². The predicted octanol–water partition coefficient (Wildman–Crippen LogP) is 13.1. The lowest BCUT2D eigenvalue weighted by Gasteiger charge is -2.11. The van der Waals surface area contributed by atoms with Gasteiger partial charge in [0, 0.05) is 38.3 Å². The highest BCUT2D eigenvalue weighted by molar-refractivity contribution is 6.24. The van der Waals surface area contributed by atoms with E-state index in [1.54, 1.807) is 0 Å². The zero-order chi connectivity index (χ0) is 33.5. The molecule has 0 atom stereocenters. The van der Waals surface area contributed by atoms with E-state index in [9.17, 15) is 0 Å². The minimum absolute atomic E-state index is 0.912. The van der Waals surface area contributed by atoms with Gasteiger partial charge in [0.2, 0.25) is 0 Å². The van der Waals surface area contributed by atoms with Gasteiger partial charge in [-0.2, -0.15) is 0 Å². The monoisotopic (exact) mass is 650 g/mol. The Labute approximate surface area is 293 Å². The minimum Gasteiger partial charge on any atom is -0.455 e. The van der Waals surface area contributed by atoms with Crippen LogP contribution in [0.15, 0.2) is 186 Å². The maximum atomic E-state index is 6.58. The second-order valence-corrected chi connectivity index (χ2v) is 13.3. The molecule has 11 rings (SSSR count). The molecule has 8 aromatic carbocycles. The lowest BCUT2D eigenvalue weighted by molar-refractivity contribution is 0.673. The summed E-state index contributed by atoms with van der Waals surface area (Å²) < 4.78 is 11.3. The molecule has 3 heteroatoms. The number of benzene rings is 8. The van der Waals surface area contributed by atoms with E-state index in [2.05, 4.69) is 185 Å². The van der Waals surface area contributed by atoms with Crippen LogP contribution in [0.2, 0.25) is 0 Å². The predicted molar refractivity (Wildman–Crippen MR) is 213 cm³/mol. The van der Waals surface area contributed by atoms with Crippen LogP contribution in [-0.4, -0.2) is 9.13 Å². The van der Waals surface area contributed by atoms with E-state index in [1.165, 1.54) is 49.4 Å². The lowest BCUT2D eigenvalue weighted by atomic mass is 10.0. The van der Waals surface area contributed by atoms with Crippen LogP contribution < -0.4 is 0 Å². The molecule has 238 valence electrons. The van der Waals surface area contributed by atoms with Crippen LogP contribution in [0.5, 0.6) is 0 Å². The Hall–Kier alpha value is -6.84. The van der Waals surface area contributed by atoms with E-state index >= 15 is 0 Å². The number of rotatable bonds is 4.